The first-order chi connectivity index (χ1) is 14.0. The summed E-state index contributed by atoms with van der Waals surface area (Å²) in [7, 11) is 0. The van der Waals surface area contributed by atoms with Crippen molar-refractivity contribution >= 4 is 40.2 Å². The number of nitrogens with two attached hydrogens (primary N) is 1. The van der Waals surface area contributed by atoms with Crippen LogP contribution in [0.15, 0.2) is 35.6 Å². The van der Waals surface area contributed by atoms with E-state index in [1.165, 1.54) is 10.8 Å². The van der Waals surface area contributed by atoms with Gasteiger partial charge in [-0.3, -0.25) is 14.6 Å². The number of hydrogen-bond acceptors (Lipinski definition) is 7. The van der Waals surface area contributed by atoms with Crippen LogP contribution in [0.1, 0.15) is 28.9 Å². The van der Waals surface area contributed by atoms with Crippen LogP contribution in [0.25, 0.3) is 22.1 Å². The van der Waals surface area contributed by atoms with E-state index in [-0.39, 0.29) is 11.4 Å². The van der Waals surface area contributed by atoms with Crippen LogP contribution in [0.2, 0.25) is 0 Å². The number of rotatable bonds is 6. The monoisotopic (exact) mass is 394 g/mol. The van der Waals surface area contributed by atoms with E-state index in [1.54, 1.807) is 30.5 Å². The molecule has 10 nitrogen and oxygen atoms in total. The number of aromatic hydroxyl groups is 1. The van der Waals surface area contributed by atoms with Crippen LogP contribution in [0.4, 0.5) is 0 Å². The smallest absolute Gasteiger partial charge is 0.322 e. The van der Waals surface area contributed by atoms with Crippen LogP contribution in [-0.4, -0.2) is 55.5 Å². The third-order valence-electron chi connectivity index (χ3n) is 4.55. The molecule has 2 heterocycles. The number of aliphatic imine (C=N–C) groups is 1. The van der Waals surface area contributed by atoms with Gasteiger partial charge in [0, 0.05) is 28.2 Å². The summed E-state index contributed by atoms with van der Waals surface area (Å²) in [5.41, 5.74) is 7.38. The summed E-state index contributed by atoms with van der Waals surface area (Å²) in [6.45, 7) is -0.595. The predicted octanol–water partition coefficient (Wildman–Crippen LogP) is 0.935. The lowest BCUT2D eigenvalue weighted by Crippen LogP contribution is -2.31. The van der Waals surface area contributed by atoms with Gasteiger partial charge in [0.15, 0.2) is 17.1 Å². The summed E-state index contributed by atoms with van der Waals surface area (Å²) < 4.78 is 1.17. The Balaban J connectivity index is 1.87. The third kappa shape index (κ3) is 3.47. The number of fused-ring (bicyclic) bond motifs is 3. The van der Waals surface area contributed by atoms with Crippen molar-refractivity contribution in [1.82, 2.24) is 19.9 Å². The minimum absolute atomic E-state index is 0.207. The maximum atomic E-state index is 12.5. The molecule has 1 fully saturated rings. The Morgan fingerprint density at radius 2 is 2.17 bits per heavy atom. The molecule has 0 atom stereocenters. The van der Waals surface area contributed by atoms with E-state index in [0.717, 1.165) is 12.8 Å². The van der Waals surface area contributed by atoms with Crippen molar-refractivity contribution in [3.05, 3.63) is 41.9 Å². The Labute approximate surface area is 164 Å². The zero-order chi connectivity index (χ0) is 20.5. The maximum Gasteiger partial charge on any atom is 0.322 e. The first kappa shape index (κ1) is 18.4. The predicted molar refractivity (Wildman–Crippen MR) is 106 cm³/mol. The second kappa shape index (κ2) is 7.23. The Bertz CT molecular complexity index is 1190. The molecule has 0 saturated heterocycles. The summed E-state index contributed by atoms with van der Waals surface area (Å²) in [4.78, 5) is 31.8. The van der Waals surface area contributed by atoms with Gasteiger partial charge in [-0.1, -0.05) is 18.2 Å². The number of hydrogen-bond donors (Lipinski definition) is 4. The van der Waals surface area contributed by atoms with Crippen LogP contribution in [-0.2, 0) is 4.79 Å². The summed E-state index contributed by atoms with van der Waals surface area (Å²) in [5.74, 6) is -2.34. The highest BCUT2D eigenvalue weighted by Crippen LogP contribution is 2.35. The summed E-state index contributed by atoms with van der Waals surface area (Å²) >= 11 is 0. The number of carboxylic acid groups (broad SMARTS) is 1. The number of amides is 1. The Morgan fingerprint density at radius 1 is 1.38 bits per heavy atom. The Hall–Kier alpha value is -3.95. The van der Waals surface area contributed by atoms with Crippen molar-refractivity contribution in [1.29, 1.82) is 0 Å². The third-order valence-corrected chi connectivity index (χ3v) is 4.55. The summed E-state index contributed by atoms with van der Waals surface area (Å²) in [6, 6.07) is 5.47. The fraction of sp³-hybridized carbons (Fsp3) is 0.211. The van der Waals surface area contributed by atoms with Crippen LogP contribution in [0.3, 0.4) is 0 Å². The number of pyridine rings is 1. The van der Waals surface area contributed by atoms with E-state index in [2.05, 4.69) is 20.4 Å². The number of carbonyl (C=O) groups excluding carboxylic acids is 1. The second-order valence-corrected chi connectivity index (χ2v) is 6.65. The van der Waals surface area contributed by atoms with Crippen molar-refractivity contribution in [2.75, 3.05) is 6.54 Å². The molecule has 1 saturated carbocycles. The normalized spacial score (nSPS) is 14.7. The zero-order valence-corrected chi connectivity index (χ0v) is 15.2. The van der Waals surface area contributed by atoms with Gasteiger partial charge >= 0.3 is 5.97 Å². The minimum atomic E-state index is -1.21. The number of aromatic nitrogens is 3. The number of allylic oxidation sites excluding steroid dienone is 1. The van der Waals surface area contributed by atoms with Crippen LogP contribution in [0, 0.1) is 0 Å². The van der Waals surface area contributed by atoms with E-state index in [9.17, 15) is 14.7 Å². The van der Waals surface area contributed by atoms with Gasteiger partial charge in [0.1, 0.15) is 12.9 Å². The average Bonchev–Trinajstić information content (AvgIpc) is 3.40. The van der Waals surface area contributed by atoms with Crippen molar-refractivity contribution in [2.45, 2.75) is 18.9 Å². The van der Waals surface area contributed by atoms with Crippen LogP contribution < -0.4 is 11.1 Å². The highest BCUT2D eigenvalue weighted by atomic mass is 16.4. The molecular weight excluding hydrogens is 376 g/mol. The second-order valence-electron chi connectivity index (χ2n) is 6.65. The molecule has 5 N–H and O–H groups in total. The lowest BCUT2D eigenvalue weighted by molar-refractivity contribution is -0.135. The molecule has 1 aliphatic carbocycles. The van der Waals surface area contributed by atoms with E-state index in [0.29, 0.717) is 33.7 Å². The molecule has 1 aliphatic rings. The van der Waals surface area contributed by atoms with Crippen molar-refractivity contribution < 1.29 is 19.8 Å². The number of nitrogens with one attached hydrogen (secondary N) is 1. The van der Waals surface area contributed by atoms with E-state index in [1.807, 2.05) is 0 Å². The number of benzene rings is 1. The Morgan fingerprint density at radius 3 is 2.90 bits per heavy atom. The molecular formula is C19H18N6O4. The highest BCUT2D eigenvalue weighted by molar-refractivity contribution is 6.10. The molecule has 29 heavy (non-hydrogen) atoms. The molecule has 0 radical (unpaired) electrons. The molecule has 1 amide bonds. The largest absolute Gasteiger partial charge is 0.505 e. The van der Waals surface area contributed by atoms with Gasteiger partial charge < -0.3 is 21.3 Å². The Kier molecular flexibility index (Phi) is 4.59. The SMILES string of the molecule is N/C(=C\C=NC1CC1)c1cccc2c(O)c(C(=O)NCC(=O)O)n3ncnc3c12. The summed E-state index contributed by atoms with van der Waals surface area (Å²) in [6.07, 6.45) is 6.76. The highest BCUT2D eigenvalue weighted by Gasteiger charge is 2.23. The molecule has 0 bridgehead atoms. The summed E-state index contributed by atoms with van der Waals surface area (Å²) in [5, 5.41) is 26.7. The zero-order valence-electron chi connectivity index (χ0n) is 15.2. The molecule has 0 unspecified atom stereocenters. The molecule has 1 aromatic carbocycles. The van der Waals surface area contributed by atoms with Crippen molar-refractivity contribution in [3.63, 3.8) is 0 Å². The van der Waals surface area contributed by atoms with Gasteiger partial charge in [-0.05, 0) is 18.9 Å². The molecule has 0 aliphatic heterocycles. The topological polar surface area (TPSA) is 155 Å². The maximum absolute atomic E-state index is 12.5. The molecule has 0 spiro atoms. The van der Waals surface area contributed by atoms with E-state index in [4.69, 9.17) is 10.8 Å². The fourth-order valence-electron chi connectivity index (χ4n) is 3.04. The minimum Gasteiger partial charge on any atom is -0.505 e. The van der Waals surface area contributed by atoms with Gasteiger partial charge in [0.25, 0.3) is 5.91 Å². The molecule has 2 aromatic heterocycles. The number of carbonyl (C=O) groups is 2. The average molecular weight is 394 g/mol. The first-order valence-electron chi connectivity index (χ1n) is 8.94. The molecule has 3 aromatic rings. The van der Waals surface area contributed by atoms with Gasteiger partial charge in [-0.25, -0.2) is 9.50 Å². The number of carboxylic acids is 1. The fourth-order valence-corrected chi connectivity index (χ4v) is 3.04. The van der Waals surface area contributed by atoms with Gasteiger partial charge in [-0.2, -0.15) is 5.10 Å². The van der Waals surface area contributed by atoms with Gasteiger partial charge in [-0.15, -0.1) is 0 Å². The number of nitrogens with zero attached hydrogens (tertiary/aromatic N) is 4. The standard InChI is InChI=1S/C19H18N6O4/c20-13(6-7-21-10-4-5-10)11-2-1-3-12-15(11)18-23-9-24-25(18)16(17(12)28)19(29)22-8-14(26)27/h1-3,6-7,9-10,28H,4-5,8,20H2,(H,22,29)(H,26,27)/b13-6-,21-7?. The first-order valence-corrected chi connectivity index (χ1v) is 8.94. The van der Waals surface area contributed by atoms with Gasteiger partial charge in [0.05, 0.1) is 6.04 Å². The van der Waals surface area contributed by atoms with E-state index < -0.39 is 18.4 Å². The van der Waals surface area contributed by atoms with E-state index >= 15 is 0 Å². The number of aliphatic carboxylic acids is 1. The lowest BCUT2D eigenvalue weighted by atomic mass is 10.0. The molecule has 4 rings (SSSR count). The van der Waals surface area contributed by atoms with Crippen molar-refractivity contribution in [2.24, 2.45) is 10.7 Å². The van der Waals surface area contributed by atoms with Gasteiger partial charge in [0.2, 0.25) is 0 Å². The molecule has 148 valence electrons. The molecule has 10 heteroatoms. The van der Waals surface area contributed by atoms with Crippen molar-refractivity contribution in [3.8, 4) is 5.75 Å². The lowest BCUT2D eigenvalue weighted by Gasteiger charge is -2.13. The van der Waals surface area contributed by atoms with Crippen LogP contribution in [0.5, 0.6) is 5.75 Å². The quantitative estimate of drug-likeness (QED) is 0.453. The van der Waals surface area contributed by atoms with Crippen LogP contribution >= 0.6 is 0 Å².